The van der Waals surface area contributed by atoms with Gasteiger partial charge in [-0.1, -0.05) is 12.1 Å². The van der Waals surface area contributed by atoms with Crippen LogP contribution in [0.3, 0.4) is 0 Å². The molecule has 0 spiro atoms. The summed E-state index contributed by atoms with van der Waals surface area (Å²) in [4.78, 5) is 9.05. The fourth-order valence-electron chi connectivity index (χ4n) is 2.85. The summed E-state index contributed by atoms with van der Waals surface area (Å²) in [5.41, 5.74) is 2.42. The van der Waals surface area contributed by atoms with Crippen molar-refractivity contribution in [1.29, 1.82) is 0 Å². The molecule has 8 heteroatoms. The van der Waals surface area contributed by atoms with Crippen LogP contribution >= 0.6 is 0 Å². The molecular formula is C21H35N7O. The van der Waals surface area contributed by atoms with Crippen LogP contribution in [0.25, 0.3) is 0 Å². The number of rotatable bonds is 10. The van der Waals surface area contributed by atoms with E-state index in [0.29, 0.717) is 6.54 Å². The summed E-state index contributed by atoms with van der Waals surface area (Å²) in [5.74, 6) is 2.58. The zero-order valence-electron chi connectivity index (χ0n) is 18.6. The van der Waals surface area contributed by atoms with Crippen LogP contribution in [-0.2, 0) is 24.9 Å². The van der Waals surface area contributed by atoms with Gasteiger partial charge in [0.2, 0.25) is 0 Å². The van der Waals surface area contributed by atoms with Crippen LogP contribution in [0.2, 0.25) is 0 Å². The third-order valence-corrected chi connectivity index (χ3v) is 4.71. The van der Waals surface area contributed by atoms with Crippen molar-refractivity contribution in [1.82, 2.24) is 25.0 Å². The van der Waals surface area contributed by atoms with Crippen LogP contribution in [0.1, 0.15) is 30.6 Å². The zero-order valence-corrected chi connectivity index (χ0v) is 18.6. The van der Waals surface area contributed by atoms with E-state index in [9.17, 15) is 0 Å². The van der Waals surface area contributed by atoms with Crippen molar-refractivity contribution in [3.8, 4) is 0 Å². The minimum Gasteiger partial charge on any atom is -0.382 e. The van der Waals surface area contributed by atoms with Gasteiger partial charge >= 0.3 is 0 Å². The summed E-state index contributed by atoms with van der Waals surface area (Å²) in [5, 5.41) is 11.8. The van der Waals surface area contributed by atoms with E-state index in [0.717, 1.165) is 50.3 Å². The van der Waals surface area contributed by atoms with E-state index >= 15 is 0 Å². The zero-order chi connectivity index (χ0) is 21.2. The summed E-state index contributed by atoms with van der Waals surface area (Å²) in [7, 11) is 8.13. The Morgan fingerprint density at radius 2 is 2.03 bits per heavy atom. The van der Waals surface area contributed by atoms with Crippen molar-refractivity contribution < 1.29 is 4.74 Å². The highest BCUT2D eigenvalue weighted by molar-refractivity contribution is 5.79. The standard InChI is InChI=1S/C21H35N7O/c1-7-29-13-9-12-22-21(23-15-20-25-24-17(2)28(20)6)27(5)16-18-10-8-11-19(14-18)26(3)4/h8,10-11,14H,7,9,12-13,15-16H2,1-6H3,(H,22,23). The third-order valence-electron chi connectivity index (χ3n) is 4.71. The molecule has 0 saturated heterocycles. The lowest BCUT2D eigenvalue weighted by Gasteiger charge is -2.23. The van der Waals surface area contributed by atoms with Gasteiger partial charge in [0.1, 0.15) is 12.4 Å². The van der Waals surface area contributed by atoms with E-state index in [1.807, 2.05) is 25.5 Å². The number of anilines is 1. The molecule has 0 bridgehead atoms. The van der Waals surface area contributed by atoms with E-state index in [1.165, 1.54) is 11.3 Å². The summed E-state index contributed by atoms with van der Waals surface area (Å²) in [6.07, 6.45) is 0.930. The summed E-state index contributed by atoms with van der Waals surface area (Å²) in [6, 6.07) is 8.55. The monoisotopic (exact) mass is 401 g/mol. The van der Waals surface area contributed by atoms with Gasteiger partial charge < -0.3 is 24.4 Å². The van der Waals surface area contributed by atoms with Crippen molar-refractivity contribution >= 4 is 11.6 Å². The molecule has 0 unspecified atom stereocenters. The number of hydrogen-bond donors (Lipinski definition) is 1. The largest absolute Gasteiger partial charge is 0.382 e. The molecular weight excluding hydrogens is 366 g/mol. The lowest BCUT2D eigenvalue weighted by molar-refractivity contribution is 0.145. The Morgan fingerprint density at radius 1 is 1.24 bits per heavy atom. The highest BCUT2D eigenvalue weighted by Gasteiger charge is 2.10. The predicted molar refractivity (Wildman–Crippen MR) is 118 cm³/mol. The maximum absolute atomic E-state index is 5.44. The van der Waals surface area contributed by atoms with Crippen molar-refractivity contribution in [2.24, 2.45) is 12.0 Å². The quantitative estimate of drug-likeness (QED) is 0.374. The first kappa shape index (κ1) is 22.7. The first-order valence-electron chi connectivity index (χ1n) is 10.1. The first-order chi connectivity index (χ1) is 13.9. The fourth-order valence-corrected chi connectivity index (χ4v) is 2.85. The fraction of sp³-hybridized carbons (Fsp3) is 0.571. The molecule has 0 fully saturated rings. The number of benzene rings is 1. The average Bonchev–Trinajstić information content (AvgIpc) is 3.02. The normalized spacial score (nSPS) is 11.6. The lowest BCUT2D eigenvalue weighted by Crippen LogP contribution is -2.39. The summed E-state index contributed by atoms with van der Waals surface area (Å²) >= 11 is 0. The maximum Gasteiger partial charge on any atom is 0.194 e. The van der Waals surface area contributed by atoms with Crippen LogP contribution in [0.15, 0.2) is 29.3 Å². The number of ether oxygens (including phenoxy) is 1. The molecule has 1 N–H and O–H groups in total. The van der Waals surface area contributed by atoms with Gasteiger partial charge in [-0.25, -0.2) is 4.99 Å². The molecule has 0 radical (unpaired) electrons. The Bertz CT molecular complexity index is 785. The molecule has 0 atom stereocenters. The van der Waals surface area contributed by atoms with Crippen molar-refractivity contribution in [2.45, 2.75) is 33.4 Å². The van der Waals surface area contributed by atoms with Crippen LogP contribution in [0.4, 0.5) is 5.69 Å². The topological polar surface area (TPSA) is 70.8 Å². The molecule has 1 heterocycles. The molecule has 0 aliphatic heterocycles. The van der Waals surface area contributed by atoms with Crippen molar-refractivity contribution in [3.63, 3.8) is 0 Å². The van der Waals surface area contributed by atoms with Gasteiger partial charge in [-0.2, -0.15) is 0 Å². The minimum atomic E-state index is 0.479. The first-order valence-corrected chi connectivity index (χ1v) is 10.1. The van der Waals surface area contributed by atoms with E-state index in [1.54, 1.807) is 0 Å². The number of aromatic nitrogens is 3. The lowest BCUT2D eigenvalue weighted by atomic mass is 10.2. The number of guanidine groups is 1. The SMILES string of the molecule is CCOCCCNC(=NCc1nnc(C)n1C)N(C)Cc1cccc(N(C)C)c1. The van der Waals surface area contributed by atoms with Crippen molar-refractivity contribution in [3.05, 3.63) is 41.5 Å². The highest BCUT2D eigenvalue weighted by Crippen LogP contribution is 2.14. The second-order valence-corrected chi connectivity index (χ2v) is 7.26. The van der Waals surface area contributed by atoms with Crippen LogP contribution in [0, 0.1) is 6.92 Å². The van der Waals surface area contributed by atoms with Gasteiger partial charge in [-0.15, -0.1) is 10.2 Å². The highest BCUT2D eigenvalue weighted by atomic mass is 16.5. The number of aryl methyl sites for hydroxylation is 1. The third kappa shape index (κ3) is 7.05. The Balaban J connectivity index is 2.08. The van der Waals surface area contributed by atoms with Crippen molar-refractivity contribution in [2.75, 3.05) is 45.8 Å². The Kier molecular flexibility index (Phi) is 8.92. The maximum atomic E-state index is 5.44. The van der Waals surface area contributed by atoms with Gasteiger partial charge in [0.15, 0.2) is 11.8 Å². The smallest absolute Gasteiger partial charge is 0.194 e. The van der Waals surface area contributed by atoms with Gasteiger partial charge in [0.25, 0.3) is 0 Å². The summed E-state index contributed by atoms with van der Waals surface area (Å²) < 4.78 is 7.40. The Labute approximate surface area is 174 Å². The van der Waals surface area contributed by atoms with Gasteiger partial charge in [0.05, 0.1) is 0 Å². The van der Waals surface area contributed by atoms with Gasteiger partial charge in [-0.05, 0) is 38.0 Å². The second kappa shape index (κ2) is 11.4. The van der Waals surface area contributed by atoms with Crippen LogP contribution < -0.4 is 10.2 Å². The number of aliphatic imine (C=N–C) groups is 1. The predicted octanol–water partition coefficient (Wildman–Crippen LogP) is 2.19. The molecule has 160 valence electrons. The summed E-state index contributed by atoms with van der Waals surface area (Å²) in [6.45, 7) is 7.49. The van der Waals surface area contributed by atoms with E-state index in [4.69, 9.17) is 9.73 Å². The van der Waals surface area contributed by atoms with Gasteiger partial charge in [0, 0.05) is 60.2 Å². The molecule has 0 aliphatic carbocycles. The molecule has 0 saturated carbocycles. The van der Waals surface area contributed by atoms with Crippen LogP contribution in [-0.4, -0.2) is 66.5 Å². The molecule has 8 nitrogen and oxygen atoms in total. The second-order valence-electron chi connectivity index (χ2n) is 7.26. The molecule has 0 amide bonds. The van der Waals surface area contributed by atoms with E-state index in [2.05, 4.69) is 70.7 Å². The molecule has 1 aromatic heterocycles. The number of nitrogens with zero attached hydrogens (tertiary/aromatic N) is 6. The Hall–Kier alpha value is -2.61. The molecule has 2 rings (SSSR count). The Morgan fingerprint density at radius 3 is 2.69 bits per heavy atom. The number of hydrogen-bond acceptors (Lipinski definition) is 5. The minimum absolute atomic E-state index is 0.479. The van der Waals surface area contributed by atoms with E-state index < -0.39 is 0 Å². The molecule has 2 aromatic rings. The van der Waals surface area contributed by atoms with Gasteiger partial charge in [-0.3, -0.25) is 0 Å². The molecule has 29 heavy (non-hydrogen) atoms. The number of nitrogens with one attached hydrogen (secondary N) is 1. The van der Waals surface area contributed by atoms with E-state index in [-0.39, 0.29) is 0 Å². The average molecular weight is 402 g/mol. The molecule has 1 aromatic carbocycles. The molecule has 0 aliphatic rings. The van der Waals surface area contributed by atoms with Crippen LogP contribution in [0.5, 0.6) is 0 Å².